The van der Waals surface area contributed by atoms with E-state index in [4.69, 9.17) is 0 Å². The van der Waals surface area contributed by atoms with Crippen molar-refractivity contribution in [2.24, 2.45) is 0 Å². The van der Waals surface area contributed by atoms with E-state index in [-0.39, 0.29) is 18.5 Å². The summed E-state index contributed by atoms with van der Waals surface area (Å²) in [5.74, 6) is -0.231. The Morgan fingerprint density at radius 3 is 2.61 bits per heavy atom. The number of para-hydroxylation sites is 1. The Labute approximate surface area is 107 Å². The summed E-state index contributed by atoms with van der Waals surface area (Å²) in [6.45, 7) is 3.94. The van der Waals surface area contributed by atoms with E-state index >= 15 is 0 Å². The Morgan fingerprint density at radius 2 is 2.00 bits per heavy atom. The predicted octanol–water partition coefficient (Wildman–Crippen LogP) is 1.42. The number of rotatable bonds is 4. The molecule has 1 aromatic carbocycles. The molecular weight excluding hydrogens is 230 g/mol. The normalized spacial score (nSPS) is 9.72. The molecule has 98 valence electrons. The van der Waals surface area contributed by atoms with Crippen LogP contribution in [0.4, 0.5) is 10.5 Å². The van der Waals surface area contributed by atoms with Gasteiger partial charge in [-0.25, -0.2) is 4.79 Å². The number of carbonyl (C=O) groups excluding carboxylic acids is 2. The van der Waals surface area contributed by atoms with E-state index in [1.54, 1.807) is 0 Å². The van der Waals surface area contributed by atoms with Gasteiger partial charge in [0.15, 0.2) is 0 Å². The van der Waals surface area contributed by atoms with Crippen LogP contribution in [-0.2, 0) is 11.2 Å². The van der Waals surface area contributed by atoms with Crippen molar-refractivity contribution >= 4 is 17.6 Å². The average Bonchev–Trinajstić information content (AvgIpc) is 2.38. The number of hydrogen-bond acceptors (Lipinski definition) is 2. The SMILES string of the molecule is CCc1cccc(C)c1NC(=O)NCC(=O)NC. The summed E-state index contributed by atoms with van der Waals surface area (Å²) in [7, 11) is 1.53. The number of likely N-dealkylation sites (N-methyl/N-ethyl adjacent to an activating group) is 1. The fourth-order valence-corrected chi connectivity index (χ4v) is 1.61. The maximum absolute atomic E-state index is 11.7. The van der Waals surface area contributed by atoms with Crippen LogP contribution in [0.2, 0.25) is 0 Å². The van der Waals surface area contributed by atoms with Gasteiger partial charge in [-0.3, -0.25) is 4.79 Å². The van der Waals surface area contributed by atoms with Crippen molar-refractivity contribution < 1.29 is 9.59 Å². The Bertz CT molecular complexity index is 444. The Hall–Kier alpha value is -2.04. The Morgan fingerprint density at radius 1 is 1.28 bits per heavy atom. The van der Waals surface area contributed by atoms with Gasteiger partial charge in [0, 0.05) is 12.7 Å². The number of hydrogen-bond donors (Lipinski definition) is 3. The molecule has 0 bridgehead atoms. The molecular formula is C13H19N3O2. The van der Waals surface area contributed by atoms with Crippen molar-refractivity contribution in [2.45, 2.75) is 20.3 Å². The number of aryl methyl sites for hydroxylation is 2. The van der Waals surface area contributed by atoms with Gasteiger partial charge in [0.1, 0.15) is 0 Å². The van der Waals surface area contributed by atoms with Crippen LogP contribution >= 0.6 is 0 Å². The minimum Gasteiger partial charge on any atom is -0.358 e. The standard InChI is InChI=1S/C13H19N3O2/c1-4-10-7-5-6-9(2)12(10)16-13(18)15-8-11(17)14-3/h5-7H,4,8H2,1-3H3,(H,14,17)(H2,15,16,18). The zero-order valence-electron chi connectivity index (χ0n) is 11.0. The van der Waals surface area contributed by atoms with Crippen LogP contribution in [0.25, 0.3) is 0 Å². The number of carbonyl (C=O) groups is 2. The van der Waals surface area contributed by atoms with Crippen LogP contribution in [0.5, 0.6) is 0 Å². The highest BCUT2D eigenvalue weighted by Crippen LogP contribution is 2.20. The van der Waals surface area contributed by atoms with Crippen LogP contribution in [-0.4, -0.2) is 25.5 Å². The molecule has 0 aliphatic heterocycles. The third-order valence-electron chi connectivity index (χ3n) is 2.67. The van der Waals surface area contributed by atoms with E-state index in [0.717, 1.165) is 23.2 Å². The highest BCUT2D eigenvalue weighted by Gasteiger charge is 2.08. The summed E-state index contributed by atoms with van der Waals surface area (Å²) in [6, 6.07) is 5.50. The Kier molecular flexibility index (Phi) is 5.17. The lowest BCUT2D eigenvalue weighted by Gasteiger charge is -2.13. The number of anilines is 1. The van der Waals surface area contributed by atoms with Gasteiger partial charge >= 0.3 is 6.03 Å². The zero-order chi connectivity index (χ0) is 13.5. The van der Waals surface area contributed by atoms with Gasteiger partial charge in [0.2, 0.25) is 5.91 Å². The fraction of sp³-hybridized carbons (Fsp3) is 0.385. The van der Waals surface area contributed by atoms with Crippen molar-refractivity contribution in [3.63, 3.8) is 0 Å². The second-order valence-corrected chi connectivity index (χ2v) is 3.94. The monoisotopic (exact) mass is 249 g/mol. The smallest absolute Gasteiger partial charge is 0.319 e. The van der Waals surface area contributed by atoms with Crippen molar-refractivity contribution in [2.75, 3.05) is 18.9 Å². The molecule has 0 saturated heterocycles. The summed E-state index contributed by atoms with van der Waals surface area (Å²) in [6.07, 6.45) is 0.840. The molecule has 0 heterocycles. The first-order valence-electron chi connectivity index (χ1n) is 5.92. The van der Waals surface area contributed by atoms with E-state index in [0.29, 0.717) is 0 Å². The lowest BCUT2D eigenvalue weighted by molar-refractivity contribution is -0.119. The van der Waals surface area contributed by atoms with Crippen LogP contribution in [0.1, 0.15) is 18.1 Å². The van der Waals surface area contributed by atoms with Crippen molar-refractivity contribution in [1.29, 1.82) is 0 Å². The molecule has 1 rings (SSSR count). The summed E-state index contributed by atoms with van der Waals surface area (Å²) >= 11 is 0. The maximum atomic E-state index is 11.7. The van der Waals surface area contributed by atoms with Gasteiger partial charge in [-0.15, -0.1) is 0 Å². The summed E-state index contributed by atoms with van der Waals surface area (Å²) < 4.78 is 0. The lowest BCUT2D eigenvalue weighted by Crippen LogP contribution is -2.37. The number of benzene rings is 1. The average molecular weight is 249 g/mol. The van der Waals surface area contributed by atoms with E-state index in [2.05, 4.69) is 16.0 Å². The van der Waals surface area contributed by atoms with Crippen molar-refractivity contribution in [1.82, 2.24) is 10.6 Å². The minimum absolute atomic E-state index is 0.0321. The molecule has 0 aromatic heterocycles. The van der Waals surface area contributed by atoms with E-state index in [1.807, 2.05) is 32.0 Å². The maximum Gasteiger partial charge on any atom is 0.319 e. The van der Waals surface area contributed by atoms with E-state index in [9.17, 15) is 9.59 Å². The summed E-state index contributed by atoms with van der Waals surface area (Å²) in [5.41, 5.74) is 2.89. The molecule has 0 unspecified atom stereocenters. The van der Waals surface area contributed by atoms with Gasteiger partial charge in [-0.1, -0.05) is 25.1 Å². The number of urea groups is 1. The molecule has 5 nitrogen and oxygen atoms in total. The summed E-state index contributed by atoms with van der Waals surface area (Å²) in [5, 5.41) is 7.71. The largest absolute Gasteiger partial charge is 0.358 e. The highest BCUT2D eigenvalue weighted by atomic mass is 16.2. The van der Waals surface area contributed by atoms with Gasteiger partial charge < -0.3 is 16.0 Å². The minimum atomic E-state index is -0.373. The first-order valence-corrected chi connectivity index (χ1v) is 5.92. The topological polar surface area (TPSA) is 70.2 Å². The molecule has 3 N–H and O–H groups in total. The van der Waals surface area contributed by atoms with Crippen LogP contribution in [0, 0.1) is 6.92 Å². The quantitative estimate of drug-likeness (QED) is 0.755. The molecule has 18 heavy (non-hydrogen) atoms. The highest BCUT2D eigenvalue weighted by molar-refractivity contribution is 5.93. The van der Waals surface area contributed by atoms with Gasteiger partial charge in [-0.2, -0.15) is 0 Å². The fourth-order valence-electron chi connectivity index (χ4n) is 1.61. The molecule has 3 amide bonds. The lowest BCUT2D eigenvalue weighted by atomic mass is 10.1. The van der Waals surface area contributed by atoms with Crippen molar-refractivity contribution in [3.8, 4) is 0 Å². The van der Waals surface area contributed by atoms with Crippen LogP contribution < -0.4 is 16.0 Å². The zero-order valence-corrected chi connectivity index (χ0v) is 11.0. The van der Waals surface area contributed by atoms with Crippen LogP contribution in [0.3, 0.4) is 0 Å². The van der Waals surface area contributed by atoms with E-state index in [1.165, 1.54) is 7.05 Å². The second kappa shape index (κ2) is 6.64. The summed E-state index contributed by atoms with van der Waals surface area (Å²) in [4.78, 5) is 22.7. The first-order chi connectivity index (χ1) is 8.58. The molecule has 0 saturated carbocycles. The predicted molar refractivity (Wildman–Crippen MR) is 71.6 cm³/mol. The number of amides is 3. The van der Waals surface area contributed by atoms with Gasteiger partial charge in [0.25, 0.3) is 0 Å². The van der Waals surface area contributed by atoms with Crippen molar-refractivity contribution in [3.05, 3.63) is 29.3 Å². The molecule has 1 aromatic rings. The third kappa shape index (κ3) is 3.76. The molecule has 0 aliphatic carbocycles. The molecule has 0 atom stereocenters. The first kappa shape index (κ1) is 14.0. The molecule has 5 heteroatoms. The Balaban J connectivity index is 2.67. The molecule has 0 radical (unpaired) electrons. The number of nitrogens with one attached hydrogen (secondary N) is 3. The third-order valence-corrected chi connectivity index (χ3v) is 2.67. The molecule has 0 spiro atoms. The van der Waals surface area contributed by atoms with Gasteiger partial charge in [-0.05, 0) is 24.5 Å². The van der Waals surface area contributed by atoms with Crippen LogP contribution in [0.15, 0.2) is 18.2 Å². The van der Waals surface area contributed by atoms with E-state index < -0.39 is 0 Å². The second-order valence-electron chi connectivity index (χ2n) is 3.94. The van der Waals surface area contributed by atoms with Gasteiger partial charge in [0.05, 0.1) is 6.54 Å². The molecule has 0 aliphatic rings. The molecule has 0 fully saturated rings.